The molecular formula is C24H30N2O4S. The van der Waals surface area contributed by atoms with Gasteiger partial charge in [-0.15, -0.1) is 11.8 Å². The van der Waals surface area contributed by atoms with Crippen LogP contribution < -0.4 is 19.7 Å². The molecule has 0 bridgehead atoms. The van der Waals surface area contributed by atoms with E-state index in [2.05, 4.69) is 5.32 Å². The molecule has 0 radical (unpaired) electrons. The third-order valence-electron chi connectivity index (χ3n) is 5.18. The van der Waals surface area contributed by atoms with Crippen molar-refractivity contribution in [3.8, 4) is 11.5 Å². The van der Waals surface area contributed by atoms with E-state index in [0.717, 1.165) is 27.6 Å². The average molecular weight is 443 g/mol. The zero-order valence-corrected chi connectivity index (χ0v) is 19.2. The fourth-order valence-corrected chi connectivity index (χ4v) is 4.09. The minimum absolute atomic E-state index is 0.00808. The zero-order valence-electron chi connectivity index (χ0n) is 18.3. The van der Waals surface area contributed by atoms with E-state index in [9.17, 15) is 9.59 Å². The van der Waals surface area contributed by atoms with Gasteiger partial charge in [-0.05, 0) is 62.4 Å². The highest BCUT2D eigenvalue weighted by molar-refractivity contribution is 7.98. The first-order chi connectivity index (χ1) is 15.0. The van der Waals surface area contributed by atoms with Crippen LogP contribution in [-0.2, 0) is 16.0 Å². The van der Waals surface area contributed by atoms with Gasteiger partial charge in [-0.2, -0.15) is 0 Å². The molecule has 6 nitrogen and oxygen atoms in total. The fourth-order valence-electron chi connectivity index (χ4n) is 3.64. The number of rotatable bonds is 10. The molecule has 2 aromatic carbocycles. The van der Waals surface area contributed by atoms with Crippen molar-refractivity contribution >= 4 is 29.3 Å². The molecule has 1 N–H and O–H groups in total. The summed E-state index contributed by atoms with van der Waals surface area (Å²) in [5.74, 6) is 1.04. The van der Waals surface area contributed by atoms with E-state index in [-0.39, 0.29) is 24.2 Å². The summed E-state index contributed by atoms with van der Waals surface area (Å²) in [6.07, 6.45) is 2.92. The normalized spacial score (nSPS) is 15.8. The topological polar surface area (TPSA) is 67.9 Å². The van der Waals surface area contributed by atoms with Crippen molar-refractivity contribution in [3.05, 3.63) is 48.0 Å². The molecule has 0 aliphatic carbocycles. The Balaban J connectivity index is 1.54. The van der Waals surface area contributed by atoms with Crippen LogP contribution in [0.5, 0.6) is 11.5 Å². The highest BCUT2D eigenvalue weighted by Gasteiger charge is 2.35. The molecule has 1 unspecified atom stereocenters. The van der Waals surface area contributed by atoms with E-state index >= 15 is 0 Å². The molecule has 1 aliphatic rings. The summed E-state index contributed by atoms with van der Waals surface area (Å²) in [7, 11) is 0. The second-order valence-corrected chi connectivity index (χ2v) is 8.17. The highest BCUT2D eigenvalue weighted by Crippen LogP contribution is 2.29. The number of amides is 2. The number of carbonyl (C=O) groups is 2. The molecule has 166 valence electrons. The molecule has 2 amide bonds. The summed E-state index contributed by atoms with van der Waals surface area (Å²) in [5.41, 5.74) is 1.91. The Morgan fingerprint density at radius 3 is 2.65 bits per heavy atom. The lowest BCUT2D eigenvalue weighted by Gasteiger charge is -2.17. The average Bonchev–Trinajstić information content (AvgIpc) is 3.17. The van der Waals surface area contributed by atoms with Gasteiger partial charge in [0, 0.05) is 30.1 Å². The van der Waals surface area contributed by atoms with Gasteiger partial charge in [0.1, 0.15) is 0 Å². The summed E-state index contributed by atoms with van der Waals surface area (Å²) in [6.45, 7) is 5.94. The Morgan fingerprint density at radius 2 is 1.90 bits per heavy atom. The number of ether oxygens (including phenoxy) is 2. The summed E-state index contributed by atoms with van der Waals surface area (Å²) in [5, 5.41) is 2.99. The molecule has 0 saturated carbocycles. The monoisotopic (exact) mass is 442 g/mol. The van der Waals surface area contributed by atoms with Crippen molar-refractivity contribution in [2.45, 2.75) is 31.6 Å². The summed E-state index contributed by atoms with van der Waals surface area (Å²) >= 11 is 1.63. The van der Waals surface area contributed by atoms with Crippen molar-refractivity contribution in [2.75, 3.05) is 37.5 Å². The predicted octanol–water partition coefficient (Wildman–Crippen LogP) is 3.92. The second kappa shape index (κ2) is 11.1. The van der Waals surface area contributed by atoms with Gasteiger partial charge in [0.15, 0.2) is 11.5 Å². The molecule has 0 spiro atoms. The number of anilines is 1. The van der Waals surface area contributed by atoms with E-state index in [0.29, 0.717) is 32.7 Å². The Morgan fingerprint density at radius 1 is 1.13 bits per heavy atom. The van der Waals surface area contributed by atoms with Crippen LogP contribution in [0.4, 0.5) is 5.69 Å². The van der Waals surface area contributed by atoms with E-state index in [1.165, 1.54) is 0 Å². The van der Waals surface area contributed by atoms with Gasteiger partial charge in [0.05, 0.1) is 19.1 Å². The van der Waals surface area contributed by atoms with Gasteiger partial charge in [0.25, 0.3) is 0 Å². The maximum Gasteiger partial charge on any atom is 0.227 e. The van der Waals surface area contributed by atoms with E-state index in [1.54, 1.807) is 16.7 Å². The fraction of sp³-hybridized carbons (Fsp3) is 0.417. The number of nitrogens with zero attached hydrogens (tertiary/aromatic N) is 1. The number of carbonyl (C=O) groups excluding carboxylic acids is 2. The van der Waals surface area contributed by atoms with Gasteiger partial charge in [-0.25, -0.2) is 0 Å². The maximum absolute atomic E-state index is 12.7. The third kappa shape index (κ3) is 5.94. The number of nitrogens with one attached hydrogen (secondary N) is 1. The van der Waals surface area contributed by atoms with Crippen molar-refractivity contribution in [1.29, 1.82) is 0 Å². The SMILES string of the molecule is CCOc1ccc(CCNC(=O)C2CC(=O)N(c3cccc(SC)c3)C2)cc1OCC. The predicted molar refractivity (Wildman–Crippen MR) is 124 cm³/mol. The summed E-state index contributed by atoms with van der Waals surface area (Å²) in [6, 6.07) is 13.7. The largest absolute Gasteiger partial charge is 0.490 e. The van der Waals surface area contributed by atoms with E-state index < -0.39 is 0 Å². The van der Waals surface area contributed by atoms with Gasteiger partial charge in [-0.3, -0.25) is 9.59 Å². The Kier molecular flexibility index (Phi) is 8.23. The molecule has 3 rings (SSSR count). The van der Waals surface area contributed by atoms with Gasteiger partial charge < -0.3 is 19.7 Å². The Hall–Kier alpha value is -2.67. The lowest BCUT2D eigenvalue weighted by atomic mass is 10.1. The minimum atomic E-state index is -0.329. The van der Waals surface area contributed by atoms with Crippen molar-refractivity contribution in [1.82, 2.24) is 5.32 Å². The summed E-state index contributed by atoms with van der Waals surface area (Å²) in [4.78, 5) is 27.9. The highest BCUT2D eigenvalue weighted by atomic mass is 32.2. The van der Waals surface area contributed by atoms with Crippen LogP contribution in [0.25, 0.3) is 0 Å². The van der Waals surface area contributed by atoms with E-state index in [1.807, 2.05) is 62.6 Å². The lowest BCUT2D eigenvalue weighted by Crippen LogP contribution is -2.34. The number of thioether (sulfide) groups is 1. The van der Waals surface area contributed by atoms with E-state index in [4.69, 9.17) is 9.47 Å². The quantitative estimate of drug-likeness (QED) is 0.565. The molecule has 1 fully saturated rings. The molecule has 1 heterocycles. The van der Waals surface area contributed by atoms with Crippen molar-refractivity contribution in [2.24, 2.45) is 5.92 Å². The van der Waals surface area contributed by atoms with Crippen LogP contribution in [0.2, 0.25) is 0 Å². The Labute approximate surface area is 188 Å². The smallest absolute Gasteiger partial charge is 0.227 e. The van der Waals surface area contributed by atoms with Crippen LogP contribution in [0.15, 0.2) is 47.4 Å². The molecular weight excluding hydrogens is 412 g/mol. The zero-order chi connectivity index (χ0) is 22.2. The molecule has 1 saturated heterocycles. The Bertz CT molecular complexity index is 918. The lowest BCUT2D eigenvalue weighted by molar-refractivity contribution is -0.126. The molecule has 0 aromatic heterocycles. The standard InChI is InChI=1S/C24H30N2O4S/c1-4-29-21-10-9-17(13-22(21)30-5-2)11-12-25-24(28)18-14-23(27)26(16-18)19-7-6-8-20(15-19)31-3/h6-10,13,15,18H,4-5,11-12,14,16H2,1-3H3,(H,25,28). The first-order valence-corrected chi connectivity index (χ1v) is 11.9. The van der Waals surface area contributed by atoms with Crippen LogP contribution >= 0.6 is 11.8 Å². The first kappa shape index (κ1) is 23.0. The maximum atomic E-state index is 12.7. The van der Waals surface area contributed by atoms with Crippen molar-refractivity contribution in [3.63, 3.8) is 0 Å². The van der Waals surface area contributed by atoms with Crippen LogP contribution in [0.1, 0.15) is 25.8 Å². The van der Waals surface area contributed by atoms with Crippen LogP contribution in [0.3, 0.4) is 0 Å². The molecule has 31 heavy (non-hydrogen) atoms. The third-order valence-corrected chi connectivity index (χ3v) is 5.91. The first-order valence-electron chi connectivity index (χ1n) is 10.7. The van der Waals surface area contributed by atoms with Gasteiger partial charge in [0.2, 0.25) is 11.8 Å². The second-order valence-electron chi connectivity index (χ2n) is 7.30. The molecule has 2 aromatic rings. The van der Waals surface area contributed by atoms with Crippen LogP contribution in [-0.4, -0.2) is 44.4 Å². The van der Waals surface area contributed by atoms with Gasteiger partial charge in [-0.1, -0.05) is 12.1 Å². The minimum Gasteiger partial charge on any atom is -0.490 e. The number of benzene rings is 2. The molecule has 1 atom stereocenters. The molecule has 1 aliphatic heterocycles. The molecule has 7 heteroatoms. The van der Waals surface area contributed by atoms with Crippen LogP contribution in [0, 0.1) is 5.92 Å². The summed E-state index contributed by atoms with van der Waals surface area (Å²) < 4.78 is 11.3. The number of hydrogen-bond donors (Lipinski definition) is 1. The number of hydrogen-bond acceptors (Lipinski definition) is 5. The van der Waals surface area contributed by atoms with Crippen molar-refractivity contribution < 1.29 is 19.1 Å². The van der Waals surface area contributed by atoms with Gasteiger partial charge >= 0.3 is 0 Å².